The van der Waals surface area contributed by atoms with Gasteiger partial charge in [0.2, 0.25) is 0 Å². The normalized spacial score (nSPS) is 22.4. The van der Waals surface area contributed by atoms with Crippen molar-refractivity contribution in [3.63, 3.8) is 0 Å². The fourth-order valence-corrected chi connectivity index (χ4v) is 3.53. The third-order valence-electron chi connectivity index (χ3n) is 4.10. The third-order valence-corrected chi connectivity index (χ3v) is 4.94. The van der Waals surface area contributed by atoms with E-state index in [-0.39, 0.29) is 5.41 Å². The summed E-state index contributed by atoms with van der Waals surface area (Å²) in [6.45, 7) is 4.97. The highest BCUT2D eigenvalue weighted by molar-refractivity contribution is 7.13. The van der Waals surface area contributed by atoms with Crippen molar-refractivity contribution in [3.05, 3.63) is 11.6 Å². The number of aliphatic carboxylic acids is 1. The molecule has 2 aliphatic rings. The number of thiazole rings is 1. The summed E-state index contributed by atoms with van der Waals surface area (Å²) in [7, 11) is 0. The molecule has 19 heavy (non-hydrogen) atoms. The van der Waals surface area contributed by atoms with Crippen molar-refractivity contribution < 1.29 is 9.90 Å². The second-order valence-corrected chi connectivity index (χ2v) is 6.52. The zero-order valence-electron chi connectivity index (χ0n) is 10.9. The van der Waals surface area contributed by atoms with Gasteiger partial charge in [-0.25, -0.2) is 4.98 Å². The Morgan fingerprint density at radius 2 is 2.11 bits per heavy atom. The molecule has 1 saturated carbocycles. The molecule has 1 saturated heterocycles. The maximum absolute atomic E-state index is 10.9. The van der Waals surface area contributed by atoms with Gasteiger partial charge in [-0.3, -0.25) is 9.69 Å². The minimum atomic E-state index is -0.654. The summed E-state index contributed by atoms with van der Waals surface area (Å²) in [5.74, 6) is -0.654. The van der Waals surface area contributed by atoms with E-state index < -0.39 is 5.97 Å². The first-order valence-electron chi connectivity index (χ1n) is 6.76. The topological polar surface area (TPSA) is 56.7 Å². The first kappa shape index (κ1) is 12.9. The second-order valence-electron chi connectivity index (χ2n) is 5.65. The summed E-state index contributed by atoms with van der Waals surface area (Å²) in [6.07, 6.45) is 4.33. The SMILES string of the molecule is O=C(O)CC1(CN2CCN(c3nccs3)CC2)CC1. The number of piperazine rings is 1. The Hall–Kier alpha value is -1.14. The van der Waals surface area contributed by atoms with Crippen molar-refractivity contribution in [1.82, 2.24) is 9.88 Å². The van der Waals surface area contributed by atoms with Crippen LogP contribution < -0.4 is 4.90 Å². The van der Waals surface area contributed by atoms with Crippen LogP contribution in [0.3, 0.4) is 0 Å². The lowest BCUT2D eigenvalue weighted by atomic mass is 10.0. The van der Waals surface area contributed by atoms with Crippen LogP contribution in [0.5, 0.6) is 0 Å². The van der Waals surface area contributed by atoms with E-state index in [0.717, 1.165) is 50.7 Å². The summed E-state index contributed by atoms with van der Waals surface area (Å²) in [5, 5.41) is 12.1. The largest absolute Gasteiger partial charge is 0.481 e. The fraction of sp³-hybridized carbons (Fsp3) is 0.692. The first-order chi connectivity index (χ1) is 9.17. The van der Waals surface area contributed by atoms with E-state index in [9.17, 15) is 4.79 Å². The average Bonchev–Trinajstić information content (AvgIpc) is 2.93. The molecule has 6 heteroatoms. The van der Waals surface area contributed by atoms with Crippen LogP contribution in [0.1, 0.15) is 19.3 Å². The van der Waals surface area contributed by atoms with Gasteiger partial charge in [-0.15, -0.1) is 11.3 Å². The van der Waals surface area contributed by atoms with Gasteiger partial charge in [0.25, 0.3) is 0 Å². The number of carbonyl (C=O) groups is 1. The number of hydrogen-bond acceptors (Lipinski definition) is 5. The van der Waals surface area contributed by atoms with Gasteiger partial charge < -0.3 is 10.0 Å². The molecule has 3 rings (SSSR count). The molecule has 104 valence electrons. The van der Waals surface area contributed by atoms with Crippen LogP contribution in [0.4, 0.5) is 5.13 Å². The average molecular weight is 281 g/mol. The van der Waals surface area contributed by atoms with Gasteiger partial charge >= 0.3 is 5.97 Å². The van der Waals surface area contributed by atoms with Gasteiger partial charge in [-0.05, 0) is 18.3 Å². The van der Waals surface area contributed by atoms with E-state index in [0.29, 0.717) is 6.42 Å². The van der Waals surface area contributed by atoms with Crippen molar-refractivity contribution in [2.45, 2.75) is 19.3 Å². The molecule has 2 fully saturated rings. The van der Waals surface area contributed by atoms with Crippen LogP contribution in [-0.2, 0) is 4.79 Å². The first-order valence-corrected chi connectivity index (χ1v) is 7.63. The Kier molecular flexibility index (Phi) is 3.45. The van der Waals surface area contributed by atoms with Crippen molar-refractivity contribution in [2.75, 3.05) is 37.6 Å². The van der Waals surface area contributed by atoms with Gasteiger partial charge in [0, 0.05) is 44.3 Å². The smallest absolute Gasteiger partial charge is 0.303 e. The van der Waals surface area contributed by atoms with Gasteiger partial charge in [-0.2, -0.15) is 0 Å². The molecule has 1 aromatic rings. The van der Waals surface area contributed by atoms with E-state index in [4.69, 9.17) is 5.11 Å². The molecule has 0 atom stereocenters. The Morgan fingerprint density at radius 1 is 1.37 bits per heavy atom. The van der Waals surface area contributed by atoms with Crippen LogP contribution in [0, 0.1) is 5.41 Å². The molecule has 0 unspecified atom stereocenters. The van der Waals surface area contributed by atoms with Crippen molar-refractivity contribution in [2.24, 2.45) is 5.41 Å². The number of carboxylic acids is 1. The van der Waals surface area contributed by atoms with Crippen LogP contribution in [0.2, 0.25) is 0 Å². The van der Waals surface area contributed by atoms with E-state index in [2.05, 4.69) is 14.8 Å². The summed E-state index contributed by atoms with van der Waals surface area (Å²) >= 11 is 1.68. The van der Waals surface area contributed by atoms with Gasteiger partial charge in [-0.1, -0.05) is 0 Å². The minimum absolute atomic E-state index is 0.0786. The Balaban J connectivity index is 1.49. The molecule has 1 aromatic heterocycles. The van der Waals surface area contributed by atoms with Crippen molar-refractivity contribution in [3.8, 4) is 0 Å². The quantitative estimate of drug-likeness (QED) is 0.887. The van der Waals surface area contributed by atoms with Crippen LogP contribution in [-0.4, -0.2) is 53.7 Å². The summed E-state index contributed by atoms with van der Waals surface area (Å²) in [6, 6.07) is 0. The molecule has 5 nitrogen and oxygen atoms in total. The number of hydrogen-bond donors (Lipinski definition) is 1. The molecular weight excluding hydrogens is 262 g/mol. The molecule has 1 N–H and O–H groups in total. The molecule has 0 spiro atoms. The molecule has 2 heterocycles. The molecule has 1 aliphatic heterocycles. The number of aromatic nitrogens is 1. The maximum Gasteiger partial charge on any atom is 0.303 e. The molecule has 1 aliphatic carbocycles. The van der Waals surface area contributed by atoms with Gasteiger partial charge in [0.1, 0.15) is 0 Å². The predicted octanol–water partition coefficient (Wildman–Crippen LogP) is 1.52. The lowest BCUT2D eigenvalue weighted by Gasteiger charge is -2.36. The van der Waals surface area contributed by atoms with Crippen molar-refractivity contribution >= 4 is 22.4 Å². The summed E-state index contributed by atoms with van der Waals surface area (Å²) in [5.41, 5.74) is 0.0786. The number of carboxylic acid groups (broad SMARTS) is 1. The number of rotatable bonds is 5. The molecular formula is C13H19N3O2S. The summed E-state index contributed by atoms with van der Waals surface area (Å²) < 4.78 is 0. The third kappa shape index (κ3) is 3.06. The number of nitrogens with zero attached hydrogens (tertiary/aromatic N) is 3. The van der Waals surface area contributed by atoms with E-state index in [1.807, 2.05) is 11.6 Å². The molecule has 0 radical (unpaired) electrons. The van der Waals surface area contributed by atoms with E-state index in [1.165, 1.54) is 0 Å². The van der Waals surface area contributed by atoms with Crippen LogP contribution >= 0.6 is 11.3 Å². The zero-order valence-corrected chi connectivity index (χ0v) is 11.7. The standard InChI is InChI=1S/C13H19N3O2S/c17-11(18)9-13(1-2-13)10-15-4-6-16(7-5-15)12-14-3-8-19-12/h3,8H,1-2,4-7,9-10H2,(H,17,18). The fourth-order valence-electron chi connectivity index (χ4n) is 2.83. The van der Waals surface area contributed by atoms with Crippen LogP contribution in [0.15, 0.2) is 11.6 Å². The minimum Gasteiger partial charge on any atom is -0.481 e. The molecule has 0 bridgehead atoms. The predicted molar refractivity (Wildman–Crippen MR) is 74.7 cm³/mol. The highest BCUT2D eigenvalue weighted by atomic mass is 32.1. The molecule has 0 amide bonds. The highest BCUT2D eigenvalue weighted by Gasteiger charge is 2.45. The lowest BCUT2D eigenvalue weighted by Crippen LogP contribution is -2.48. The van der Waals surface area contributed by atoms with Crippen molar-refractivity contribution in [1.29, 1.82) is 0 Å². The monoisotopic (exact) mass is 281 g/mol. The maximum atomic E-state index is 10.9. The zero-order chi connectivity index (χ0) is 13.3. The van der Waals surface area contributed by atoms with E-state index >= 15 is 0 Å². The second kappa shape index (κ2) is 5.09. The van der Waals surface area contributed by atoms with Gasteiger partial charge in [0.05, 0.1) is 6.42 Å². The summed E-state index contributed by atoms with van der Waals surface area (Å²) in [4.78, 5) is 19.9. The highest BCUT2D eigenvalue weighted by Crippen LogP contribution is 2.49. The van der Waals surface area contributed by atoms with E-state index in [1.54, 1.807) is 11.3 Å². The van der Waals surface area contributed by atoms with Gasteiger partial charge in [0.15, 0.2) is 5.13 Å². The Morgan fingerprint density at radius 3 is 2.63 bits per heavy atom. The molecule has 0 aromatic carbocycles. The number of anilines is 1. The lowest BCUT2D eigenvalue weighted by molar-refractivity contribution is -0.138. The Labute approximate surface area is 116 Å². The Bertz CT molecular complexity index is 437. The van der Waals surface area contributed by atoms with Crippen LogP contribution in [0.25, 0.3) is 0 Å².